The average molecular weight is 173 g/mol. The van der Waals surface area contributed by atoms with Crippen molar-refractivity contribution in [2.75, 3.05) is 6.54 Å². The Kier molecular flexibility index (Phi) is 2.87. The number of hydrogen-bond donors (Lipinski definition) is 4. The van der Waals surface area contributed by atoms with E-state index in [1.165, 1.54) is 0 Å². The van der Waals surface area contributed by atoms with Gasteiger partial charge in [-0.15, -0.1) is 0 Å². The fourth-order valence-electron chi connectivity index (χ4n) is 1.06. The standard InChI is InChI=1S/C6H11N3O3/c10-5-4(2-1-3-7-5)8-9-6(11)12/h4,8-9H,1-3H2,(H,7,10)(H,11,12). The summed E-state index contributed by atoms with van der Waals surface area (Å²) in [6, 6.07) is -0.435. The first-order valence-corrected chi connectivity index (χ1v) is 3.72. The lowest BCUT2D eigenvalue weighted by Gasteiger charge is -2.22. The van der Waals surface area contributed by atoms with Gasteiger partial charge in [0.2, 0.25) is 5.91 Å². The van der Waals surface area contributed by atoms with Crippen LogP contribution in [0.1, 0.15) is 12.8 Å². The molecule has 0 aromatic rings. The molecule has 0 aromatic heterocycles. The van der Waals surface area contributed by atoms with Crippen molar-refractivity contribution in [3.8, 4) is 0 Å². The molecule has 1 atom stereocenters. The Balaban J connectivity index is 2.29. The molecule has 1 heterocycles. The highest BCUT2D eigenvalue weighted by Gasteiger charge is 2.21. The predicted octanol–water partition coefficient (Wildman–Crippen LogP) is -0.963. The summed E-state index contributed by atoms with van der Waals surface area (Å²) in [6.45, 7) is 0.671. The molecule has 0 radical (unpaired) electrons. The van der Waals surface area contributed by atoms with Crippen LogP contribution in [0.3, 0.4) is 0 Å². The molecule has 0 aliphatic carbocycles. The SMILES string of the molecule is O=C(O)NNC1CCCNC1=O. The molecular formula is C6H11N3O3. The molecule has 12 heavy (non-hydrogen) atoms. The van der Waals surface area contributed by atoms with Crippen molar-refractivity contribution in [1.82, 2.24) is 16.2 Å². The van der Waals surface area contributed by atoms with Gasteiger partial charge in [-0.1, -0.05) is 0 Å². The third-order valence-corrected chi connectivity index (χ3v) is 1.64. The highest BCUT2D eigenvalue weighted by atomic mass is 16.4. The Hall–Kier alpha value is -1.30. The highest BCUT2D eigenvalue weighted by molar-refractivity contribution is 5.82. The van der Waals surface area contributed by atoms with Gasteiger partial charge < -0.3 is 10.4 Å². The van der Waals surface area contributed by atoms with E-state index >= 15 is 0 Å². The van der Waals surface area contributed by atoms with Gasteiger partial charge in [0.05, 0.1) is 0 Å². The minimum atomic E-state index is -1.19. The molecule has 1 aliphatic rings. The van der Waals surface area contributed by atoms with Crippen LogP contribution >= 0.6 is 0 Å². The molecule has 1 aliphatic heterocycles. The Bertz CT molecular complexity index is 194. The lowest BCUT2D eigenvalue weighted by atomic mass is 10.1. The molecule has 1 rings (SSSR count). The van der Waals surface area contributed by atoms with Gasteiger partial charge in [-0.3, -0.25) is 10.2 Å². The molecule has 4 N–H and O–H groups in total. The monoisotopic (exact) mass is 173 g/mol. The van der Waals surface area contributed by atoms with Gasteiger partial charge in [-0.2, -0.15) is 0 Å². The van der Waals surface area contributed by atoms with Crippen molar-refractivity contribution in [2.45, 2.75) is 18.9 Å². The summed E-state index contributed by atoms with van der Waals surface area (Å²) >= 11 is 0. The fourth-order valence-corrected chi connectivity index (χ4v) is 1.06. The maximum atomic E-state index is 11.0. The molecule has 6 heteroatoms. The van der Waals surface area contributed by atoms with Crippen LogP contribution in [0.5, 0.6) is 0 Å². The largest absolute Gasteiger partial charge is 0.464 e. The van der Waals surface area contributed by atoms with E-state index in [1.54, 1.807) is 0 Å². The van der Waals surface area contributed by atoms with E-state index in [4.69, 9.17) is 5.11 Å². The van der Waals surface area contributed by atoms with Crippen molar-refractivity contribution in [3.63, 3.8) is 0 Å². The number of piperidine rings is 1. The van der Waals surface area contributed by atoms with Crippen molar-refractivity contribution in [3.05, 3.63) is 0 Å². The van der Waals surface area contributed by atoms with Gasteiger partial charge >= 0.3 is 6.09 Å². The van der Waals surface area contributed by atoms with Gasteiger partial charge in [0.25, 0.3) is 0 Å². The Morgan fingerprint density at radius 1 is 1.67 bits per heavy atom. The maximum Gasteiger partial charge on any atom is 0.419 e. The Morgan fingerprint density at radius 2 is 2.42 bits per heavy atom. The first-order chi connectivity index (χ1) is 5.70. The summed E-state index contributed by atoms with van der Waals surface area (Å²) in [5, 5.41) is 10.8. The topological polar surface area (TPSA) is 90.5 Å². The molecule has 0 spiro atoms. The van der Waals surface area contributed by atoms with Crippen molar-refractivity contribution in [1.29, 1.82) is 0 Å². The van der Waals surface area contributed by atoms with E-state index in [0.717, 1.165) is 6.42 Å². The number of carbonyl (C=O) groups is 2. The van der Waals surface area contributed by atoms with Crippen molar-refractivity contribution >= 4 is 12.0 Å². The van der Waals surface area contributed by atoms with E-state index in [9.17, 15) is 9.59 Å². The first kappa shape index (κ1) is 8.79. The molecule has 0 aromatic carbocycles. The van der Waals surface area contributed by atoms with E-state index in [2.05, 4.69) is 10.7 Å². The first-order valence-electron chi connectivity index (χ1n) is 3.72. The van der Waals surface area contributed by atoms with Crippen LogP contribution in [-0.2, 0) is 4.79 Å². The summed E-state index contributed by atoms with van der Waals surface area (Å²) in [6.07, 6.45) is 0.338. The van der Waals surface area contributed by atoms with E-state index in [1.807, 2.05) is 5.43 Å². The van der Waals surface area contributed by atoms with Crippen LogP contribution in [-0.4, -0.2) is 29.7 Å². The van der Waals surface area contributed by atoms with Gasteiger partial charge in [-0.05, 0) is 12.8 Å². The zero-order chi connectivity index (χ0) is 8.97. The molecule has 2 amide bonds. The van der Waals surface area contributed by atoms with Crippen LogP contribution in [0.25, 0.3) is 0 Å². The second-order valence-electron chi connectivity index (χ2n) is 2.56. The Morgan fingerprint density at radius 3 is 3.00 bits per heavy atom. The smallest absolute Gasteiger partial charge is 0.419 e. The second-order valence-corrected chi connectivity index (χ2v) is 2.56. The second kappa shape index (κ2) is 3.91. The maximum absolute atomic E-state index is 11.0. The fraction of sp³-hybridized carbons (Fsp3) is 0.667. The zero-order valence-electron chi connectivity index (χ0n) is 6.46. The minimum absolute atomic E-state index is 0.157. The number of hydrogen-bond acceptors (Lipinski definition) is 3. The Labute approximate surface area is 69.3 Å². The average Bonchev–Trinajstić information content (AvgIpc) is 2.03. The lowest BCUT2D eigenvalue weighted by molar-refractivity contribution is -0.124. The lowest BCUT2D eigenvalue weighted by Crippen LogP contribution is -2.54. The highest BCUT2D eigenvalue weighted by Crippen LogP contribution is 2.00. The van der Waals surface area contributed by atoms with Gasteiger partial charge in [0.1, 0.15) is 6.04 Å². The normalized spacial score (nSPS) is 23.0. The number of hydrazine groups is 1. The molecule has 1 fully saturated rings. The summed E-state index contributed by atoms with van der Waals surface area (Å²) in [4.78, 5) is 21.0. The third-order valence-electron chi connectivity index (χ3n) is 1.64. The van der Waals surface area contributed by atoms with E-state index in [0.29, 0.717) is 13.0 Å². The van der Waals surface area contributed by atoms with Crippen molar-refractivity contribution < 1.29 is 14.7 Å². The quantitative estimate of drug-likeness (QED) is 0.405. The summed E-state index contributed by atoms with van der Waals surface area (Å²) in [5.41, 5.74) is 4.36. The number of amides is 2. The van der Waals surface area contributed by atoms with E-state index in [-0.39, 0.29) is 5.91 Å². The summed E-state index contributed by atoms with van der Waals surface area (Å²) in [7, 11) is 0. The summed E-state index contributed by atoms with van der Waals surface area (Å²) < 4.78 is 0. The zero-order valence-corrected chi connectivity index (χ0v) is 6.46. The molecular weight excluding hydrogens is 162 g/mol. The predicted molar refractivity (Wildman–Crippen MR) is 40.3 cm³/mol. The molecule has 0 saturated carbocycles. The molecule has 0 bridgehead atoms. The molecule has 1 unspecified atom stereocenters. The minimum Gasteiger partial charge on any atom is -0.464 e. The van der Waals surface area contributed by atoms with Gasteiger partial charge in [0, 0.05) is 6.54 Å². The van der Waals surface area contributed by atoms with Crippen molar-refractivity contribution in [2.24, 2.45) is 0 Å². The van der Waals surface area contributed by atoms with Crippen LogP contribution in [0.2, 0.25) is 0 Å². The number of rotatable bonds is 2. The van der Waals surface area contributed by atoms with Gasteiger partial charge in [-0.25, -0.2) is 10.2 Å². The summed E-state index contributed by atoms with van der Waals surface area (Å²) in [5.74, 6) is -0.157. The van der Waals surface area contributed by atoms with Crippen LogP contribution in [0.15, 0.2) is 0 Å². The molecule has 68 valence electrons. The van der Waals surface area contributed by atoms with Crippen LogP contribution in [0.4, 0.5) is 4.79 Å². The molecule has 1 saturated heterocycles. The van der Waals surface area contributed by atoms with E-state index < -0.39 is 12.1 Å². The van der Waals surface area contributed by atoms with Crippen LogP contribution < -0.4 is 16.2 Å². The molecule has 6 nitrogen and oxygen atoms in total. The van der Waals surface area contributed by atoms with Gasteiger partial charge in [0.15, 0.2) is 0 Å². The third kappa shape index (κ3) is 2.39. The van der Waals surface area contributed by atoms with Crippen LogP contribution in [0, 0.1) is 0 Å². The number of nitrogens with one attached hydrogen (secondary N) is 3. The number of carbonyl (C=O) groups excluding carboxylic acids is 1. The number of carboxylic acid groups (broad SMARTS) is 1.